The van der Waals surface area contributed by atoms with Crippen molar-refractivity contribution in [3.8, 4) is 0 Å². The zero-order chi connectivity index (χ0) is 77.4. The molecule has 13 atom stereocenters. The van der Waals surface area contributed by atoms with Gasteiger partial charge < -0.3 is 116 Å². The second-order valence-electron chi connectivity index (χ2n) is 23.7. The van der Waals surface area contributed by atoms with Gasteiger partial charge in [0.15, 0.2) is 0 Å². The number of benzene rings is 1. The normalized spacial score (nSPS) is 22.3. The standard InChI is InChI=1S/C61H86N16O26/c1-5-27(2)49-61(102)103-29(4)50(77-59(100)40(22-48(90)91)75-54(95)34(13-15-44(82)83)71-56(97)36(67-26-78)18-30-23-64-32-11-7-6-10-31(30)32)60(101)66-24-42(80)68-28(3)51(92)73-39(21-47(88)89)58(99)70-33(12-8-9-17-62)53(94)74-38(20-46(86)87)52(93)65-25-43(81)69-37(19-41(63)79)57(98)72-35(55(96)76-49)14-16-45(84)85/h6-7,10-11,23,26-29,33-40,49-50,64H,5,8-9,12-22,24-25,62H2,1-4H3,(H2,63,79)(H,65,93)(H,66,101)(H,67,78)(H,68,80)(H,69,81)(H,70,99)(H,71,97)(H,72,98)(H,73,92)(H,74,94)(H,75,95)(H,76,96)(H,77,100)(H,82,83)(H,84,85)(H,86,87)(H,88,89)(H,90,91). The maximum atomic E-state index is 14.4. The third kappa shape index (κ3) is 29.5. The van der Waals surface area contributed by atoms with E-state index in [4.69, 9.17) is 16.2 Å². The first-order chi connectivity index (χ1) is 48.5. The van der Waals surface area contributed by atoms with E-state index in [1.165, 1.54) is 13.8 Å². The first-order valence-electron chi connectivity index (χ1n) is 32.1. The van der Waals surface area contributed by atoms with E-state index in [-0.39, 0.29) is 45.1 Å². The fourth-order valence-electron chi connectivity index (χ4n) is 9.95. The lowest BCUT2D eigenvalue weighted by atomic mass is 9.98. The van der Waals surface area contributed by atoms with Crippen molar-refractivity contribution in [3.05, 3.63) is 36.0 Å². The van der Waals surface area contributed by atoms with Crippen LogP contribution < -0.4 is 80.6 Å². The van der Waals surface area contributed by atoms with E-state index in [1.807, 2.05) is 5.32 Å². The fraction of sp³-hybridized carbons (Fsp3) is 0.541. The maximum Gasteiger partial charge on any atom is 0.329 e. The summed E-state index contributed by atoms with van der Waals surface area (Å²) in [7, 11) is 0. The molecule has 566 valence electrons. The number of nitrogens with one attached hydrogen (secondary N) is 14. The maximum absolute atomic E-state index is 14.4. The van der Waals surface area contributed by atoms with Gasteiger partial charge in [0.2, 0.25) is 83.2 Å². The highest BCUT2D eigenvalue weighted by Crippen LogP contribution is 2.20. The lowest BCUT2D eigenvalue weighted by molar-refractivity contribution is -0.157. The second-order valence-corrected chi connectivity index (χ2v) is 23.7. The summed E-state index contributed by atoms with van der Waals surface area (Å²) in [5.41, 5.74) is 12.1. The number of nitrogens with two attached hydrogens (primary N) is 2. The van der Waals surface area contributed by atoms with Crippen LogP contribution in [0.5, 0.6) is 0 Å². The lowest BCUT2D eigenvalue weighted by Crippen LogP contribution is -2.61. The Labute approximate surface area is 585 Å². The van der Waals surface area contributed by atoms with Crippen molar-refractivity contribution in [2.45, 2.75) is 184 Å². The molecule has 14 amide bonds. The highest BCUT2D eigenvalue weighted by atomic mass is 16.5. The first kappa shape index (κ1) is 85.3. The Morgan fingerprint density at radius 2 is 1.12 bits per heavy atom. The molecule has 1 aromatic heterocycles. The topological polar surface area (TPSA) is 676 Å². The van der Waals surface area contributed by atoms with Gasteiger partial charge in [0.05, 0.1) is 38.8 Å². The van der Waals surface area contributed by atoms with Crippen LogP contribution in [-0.4, -0.2) is 242 Å². The molecule has 0 bridgehead atoms. The molecule has 23 N–H and O–H groups in total. The number of carbonyl (C=O) groups is 20. The van der Waals surface area contributed by atoms with Crippen molar-refractivity contribution in [1.29, 1.82) is 0 Å². The smallest absolute Gasteiger partial charge is 0.329 e. The monoisotopic (exact) mass is 1460 g/mol. The number of amides is 14. The molecule has 3 rings (SSSR count). The third-order valence-corrected chi connectivity index (χ3v) is 15.6. The predicted octanol–water partition coefficient (Wildman–Crippen LogP) is -7.93. The number of rotatable bonds is 30. The molecule has 13 unspecified atom stereocenters. The van der Waals surface area contributed by atoms with E-state index in [1.54, 1.807) is 30.5 Å². The minimum atomic E-state index is -2.31. The van der Waals surface area contributed by atoms with E-state index in [0.717, 1.165) is 13.8 Å². The SMILES string of the molecule is CCC(C)C1NC(=O)C(CCC(=O)O)NC(=O)C(CC(N)=O)NC(=O)CNC(=O)C(CC(=O)O)NC(=O)C(CCCCN)NC(=O)C(CC(=O)O)NC(=O)C(C)NC(=O)CNC(=O)C(NC(=O)C(CC(=O)O)NC(=O)C(CCC(=O)O)NC(=O)C(Cc2c[nH]c3ccccc23)NC=O)C(C)OC1=O. The van der Waals surface area contributed by atoms with Crippen molar-refractivity contribution in [2.24, 2.45) is 17.4 Å². The van der Waals surface area contributed by atoms with Gasteiger partial charge in [-0.25, -0.2) is 4.79 Å². The quantitative estimate of drug-likeness (QED) is 0.0196. The molecular weight excluding hydrogens is 1370 g/mol. The number of H-pyrrole nitrogens is 1. The summed E-state index contributed by atoms with van der Waals surface area (Å²) in [6.07, 6.45) is -8.62. The molecular formula is C61H86N16O26. The largest absolute Gasteiger partial charge is 0.481 e. The number of carboxylic acid groups (broad SMARTS) is 5. The number of carboxylic acids is 5. The van der Waals surface area contributed by atoms with Gasteiger partial charge in [-0.05, 0) is 70.0 Å². The van der Waals surface area contributed by atoms with Gasteiger partial charge in [-0.3, -0.25) is 91.1 Å². The molecule has 0 aliphatic carbocycles. The highest BCUT2D eigenvalue weighted by molar-refractivity contribution is 6.01. The Bertz CT molecular complexity index is 3490. The number of aromatic nitrogens is 1. The molecule has 0 saturated carbocycles. The van der Waals surface area contributed by atoms with Gasteiger partial charge in [-0.15, -0.1) is 0 Å². The summed E-state index contributed by atoms with van der Waals surface area (Å²) in [6, 6.07) is -14.6. The number of ether oxygens (including phenoxy) is 1. The predicted molar refractivity (Wildman–Crippen MR) is 348 cm³/mol. The summed E-state index contributed by atoms with van der Waals surface area (Å²) >= 11 is 0. The van der Waals surface area contributed by atoms with Crippen molar-refractivity contribution in [2.75, 3.05) is 19.6 Å². The van der Waals surface area contributed by atoms with E-state index in [0.29, 0.717) is 16.5 Å². The minimum absolute atomic E-state index is 0.00847. The molecule has 0 spiro atoms. The van der Waals surface area contributed by atoms with Crippen molar-refractivity contribution >= 4 is 130 Å². The Morgan fingerprint density at radius 3 is 1.69 bits per heavy atom. The zero-order valence-corrected chi connectivity index (χ0v) is 56.2. The van der Waals surface area contributed by atoms with E-state index in [9.17, 15) is 121 Å². The molecule has 1 aliphatic rings. The molecule has 1 fully saturated rings. The van der Waals surface area contributed by atoms with Gasteiger partial charge in [-0.1, -0.05) is 38.5 Å². The lowest BCUT2D eigenvalue weighted by Gasteiger charge is -2.30. The number of carbonyl (C=O) groups excluding carboxylic acids is 15. The summed E-state index contributed by atoms with van der Waals surface area (Å²) in [4.78, 5) is 268. The van der Waals surface area contributed by atoms with Crippen LogP contribution in [0.4, 0.5) is 0 Å². The summed E-state index contributed by atoms with van der Waals surface area (Å²) < 4.78 is 5.64. The molecule has 1 aliphatic heterocycles. The van der Waals surface area contributed by atoms with E-state index >= 15 is 0 Å². The van der Waals surface area contributed by atoms with Crippen LogP contribution in [0.15, 0.2) is 30.5 Å². The van der Waals surface area contributed by atoms with Crippen LogP contribution in [0.2, 0.25) is 0 Å². The third-order valence-electron chi connectivity index (χ3n) is 15.6. The molecule has 1 aromatic carbocycles. The van der Waals surface area contributed by atoms with Crippen LogP contribution in [0, 0.1) is 5.92 Å². The summed E-state index contributed by atoms with van der Waals surface area (Å²) in [5.74, 6) is -28.2. The molecule has 2 heterocycles. The number of para-hydroxylation sites is 1. The van der Waals surface area contributed by atoms with Crippen molar-refractivity contribution in [3.63, 3.8) is 0 Å². The minimum Gasteiger partial charge on any atom is -0.481 e. The highest BCUT2D eigenvalue weighted by Gasteiger charge is 2.40. The molecule has 0 radical (unpaired) electrons. The number of aromatic amines is 1. The van der Waals surface area contributed by atoms with Crippen LogP contribution in [-0.2, 0) is 107 Å². The molecule has 42 nitrogen and oxygen atoms in total. The zero-order valence-electron chi connectivity index (χ0n) is 56.2. The summed E-state index contributed by atoms with van der Waals surface area (Å²) in [5, 5.41) is 77.4. The van der Waals surface area contributed by atoms with Gasteiger partial charge in [0, 0.05) is 36.4 Å². The number of primary amides is 1. The number of fused-ring (bicyclic) bond motifs is 1. The molecule has 1 saturated heterocycles. The van der Waals surface area contributed by atoms with Gasteiger partial charge in [0.25, 0.3) is 0 Å². The number of cyclic esters (lactones) is 1. The fourth-order valence-corrected chi connectivity index (χ4v) is 9.95. The number of unbranched alkanes of at least 4 members (excludes halogenated alkanes) is 1. The average molecular weight is 1460 g/mol. The van der Waals surface area contributed by atoms with Crippen molar-refractivity contribution in [1.82, 2.24) is 74.1 Å². The first-order valence-corrected chi connectivity index (χ1v) is 32.1. The Morgan fingerprint density at radius 1 is 0.592 bits per heavy atom. The van der Waals surface area contributed by atoms with E-state index < -0.39 is 256 Å². The van der Waals surface area contributed by atoms with Crippen LogP contribution in [0.1, 0.15) is 110 Å². The number of hydrogen-bond acceptors (Lipinski definition) is 22. The van der Waals surface area contributed by atoms with Crippen LogP contribution in [0.25, 0.3) is 10.9 Å². The molecule has 42 heteroatoms. The van der Waals surface area contributed by atoms with Gasteiger partial charge in [0.1, 0.15) is 72.6 Å². The van der Waals surface area contributed by atoms with Gasteiger partial charge in [-0.2, -0.15) is 0 Å². The Kier molecular flexibility index (Phi) is 35.0. The average Bonchev–Trinajstić information content (AvgIpc) is 1.82. The number of hydrogen-bond donors (Lipinski definition) is 21. The molecule has 103 heavy (non-hydrogen) atoms. The molecule has 2 aromatic rings. The Hall–Kier alpha value is -11.9. The van der Waals surface area contributed by atoms with Crippen LogP contribution >= 0.6 is 0 Å². The van der Waals surface area contributed by atoms with Crippen LogP contribution in [0.3, 0.4) is 0 Å². The van der Waals surface area contributed by atoms with Crippen molar-refractivity contribution < 1.29 is 126 Å². The number of aliphatic carboxylic acids is 5. The summed E-state index contributed by atoms with van der Waals surface area (Å²) in [6.45, 7) is 2.53. The Balaban J connectivity index is 2.20. The van der Waals surface area contributed by atoms with Gasteiger partial charge >= 0.3 is 35.8 Å². The van der Waals surface area contributed by atoms with E-state index in [2.05, 4.69) is 68.8 Å². The number of esters is 1. The second kappa shape index (κ2) is 42.3.